The van der Waals surface area contributed by atoms with E-state index in [4.69, 9.17) is 0 Å². The summed E-state index contributed by atoms with van der Waals surface area (Å²) in [7, 11) is 1.83. The lowest BCUT2D eigenvalue weighted by Gasteiger charge is -2.27. The summed E-state index contributed by atoms with van der Waals surface area (Å²) in [6.07, 6.45) is 4.07. The lowest BCUT2D eigenvalue weighted by molar-refractivity contribution is 0.220. The van der Waals surface area contributed by atoms with Gasteiger partial charge >= 0.3 is 0 Å². The molecule has 0 radical (unpaired) electrons. The largest absolute Gasteiger partial charge is 0.356 e. The summed E-state index contributed by atoms with van der Waals surface area (Å²) in [5, 5.41) is 6.81. The molecule has 4 nitrogen and oxygen atoms in total. The Kier molecular flexibility index (Phi) is 10.3. The molecule has 0 atom stereocenters. The molecule has 2 rings (SSSR count). The fraction of sp³-hybridized carbons (Fsp3) is 0.632. The molecule has 0 bridgehead atoms. The number of halogens is 1. The molecule has 0 amide bonds. The van der Waals surface area contributed by atoms with E-state index in [1.54, 1.807) is 0 Å². The minimum atomic E-state index is 0. The zero-order valence-electron chi connectivity index (χ0n) is 15.3. The molecule has 136 valence electrons. The average molecular weight is 444 g/mol. The minimum absolute atomic E-state index is 0. The van der Waals surface area contributed by atoms with Crippen molar-refractivity contribution in [3.63, 3.8) is 0 Å². The molecular formula is C19H33IN4. The predicted octanol–water partition coefficient (Wildman–Crippen LogP) is 3.61. The van der Waals surface area contributed by atoms with Crippen molar-refractivity contribution in [1.29, 1.82) is 0 Å². The SMILES string of the molecule is CN=C(NCc1ccccc1CN1CCCCC1)NCC(C)C.I. The number of piperidine rings is 1. The number of benzene rings is 1. The summed E-state index contributed by atoms with van der Waals surface area (Å²) >= 11 is 0. The highest BCUT2D eigenvalue weighted by atomic mass is 127. The molecule has 1 aromatic carbocycles. The quantitative estimate of drug-likeness (QED) is 0.400. The molecule has 5 heteroatoms. The standard InChI is InChI=1S/C19H32N4.HI/c1-16(2)13-21-19(20-3)22-14-17-9-5-6-10-18(17)15-23-11-7-4-8-12-23;/h5-6,9-10,16H,4,7-8,11-15H2,1-3H3,(H2,20,21,22);1H. The number of hydrogen-bond donors (Lipinski definition) is 2. The van der Waals surface area contributed by atoms with Crippen LogP contribution in [0, 0.1) is 5.92 Å². The van der Waals surface area contributed by atoms with Gasteiger partial charge in [-0.05, 0) is 43.0 Å². The van der Waals surface area contributed by atoms with Crippen molar-refractivity contribution in [2.45, 2.75) is 46.2 Å². The first kappa shape index (κ1) is 21.2. The molecule has 1 heterocycles. The zero-order valence-corrected chi connectivity index (χ0v) is 17.7. The maximum absolute atomic E-state index is 4.30. The van der Waals surface area contributed by atoms with E-state index in [0.717, 1.165) is 25.6 Å². The van der Waals surface area contributed by atoms with Crippen LogP contribution in [0.4, 0.5) is 0 Å². The Morgan fingerprint density at radius 1 is 1.08 bits per heavy atom. The molecule has 0 aliphatic carbocycles. The van der Waals surface area contributed by atoms with Crippen LogP contribution in [-0.2, 0) is 13.1 Å². The Balaban J connectivity index is 0.00000288. The normalized spacial score (nSPS) is 15.9. The molecule has 0 saturated carbocycles. The molecule has 0 aromatic heterocycles. The summed E-state index contributed by atoms with van der Waals surface area (Å²) in [5.41, 5.74) is 2.80. The Bertz CT molecular complexity index is 496. The van der Waals surface area contributed by atoms with Crippen LogP contribution in [0.2, 0.25) is 0 Å². The summed E-state index contributed by atoms with van der Waals surface area (Å²) in [5.74, 6) is 1.49. The maximum Gasteiger partial charge on any atom is 0.191 e. The van der Waals surface area contributed by atoms with Crippen LogP contribution in [0.25, 0.3) is 0 Å². The predicted molar refractivity (Wildman–Crippen MR) is 114 cm³/mol. The smallest absolute Gasteiger partial charge is 0.191 e. The van der Waals surface area contributed by atoms with Gasteiger partial charge in [0.05, 0.1) is 0 Å². The fourth-order valence-electron chi connectivity index (χ4n) is 2.94. The van der Waals surface area contributed by atoms with E-state index < -0.39 is 0 Å². The van der Waals surface area contributed by atoms with E-state index in [9.17, 15) is 0 Å². The van der Waals surface area contributed by atoms with Crippen molar-refractivity contribution in [1.82, 2.24) is 15.5 Å². The Labute approximate surface area is 164 Å². The van der Waals surface area contributed by atoms with E-state index in [-0.39, 0.29) is 24.0 Å². The fourth-order valence-corrected chi connectivity index (χ4v) is 2.94. The van der Waals surface area contributed by atoms with Gasteiger partial charge in [0.15, 0.2) is 5.96 Å². The van der Waals surface area contributed by atoms with Crippen molar-refractivity contribution in [2.75, 3.05) is 26.7 Å². The van der Waals surface area contributed by atoms with E-state index in [1.807, 2.05) is 7.05 Å². The second-order valence-corrected chi connectivity index (χ2v) is 6.81. The summed E-state index contributed by atoms with van der Waals surface area (Å²) in [6, 6.07) is 8.76. The number of likely N-dealkylation sites (tertiary alicyclic amines) is 1. The van der Waals surface area contributed by atoms with Crippen molar-refractivity contribution in [3.8, 4) is 0 Å². The van der Waals surface area contributed by atoms with Crippen LogP contribution in [0.5, 0.6) is 0 Å². The molecular weight excluding hydrogens is 411 g/mol. The van der Waals surface area contributed by atoms with Crippen LogP contribution < -0.4 is 10.6 Å². The van der Waals surface area contributed by atoms with E-state index in [1.165, 1.54) is 43.5 Å². The van der Waals surface area contributed by atoms with Gasteiger partial charge in [0, 0.05) is 26.7 Å². The van der Waals surface area contributed by atoms with E-state index in [0.29, 0.717) is 5.92 Å². The zero-order chi connectivity index (χ0) is 16.5. The summed E-state index contributed by atoms with van der Waals surface area (Å²) < 4.78 is 0. The molecule has 1 saturated heterocycles. The van der Waals surface area contributed by atoms with Crippen LogP contribution in [0.3, 0.4) is 0 Å². The minimum Gasteiger partial charge on any atom is -0.356 e. The van der Waals surface area contributed by atoms with Gasteiger partial charge in [-0.15, -0.1) is 24.0 Å². The average Bonchev–Trinajstić information content (AvgIpc) is 2.57. The van der Waals surface area contributed by atoms with Gasteiger partial charge in [0.25, 0.3) is 0 Å². The lowest BCUT2D eigenvalue weighted by atomic mass is 10.0. The van der Waals surface area contributed by atoms with Gasteiger partial charge in [0.1, 0.15) is 0 Å². The topological polar surface area (TPSA) is 39.7 Å². The number of guanidine groups is 1. The Morgan fingerprint density at radius 3 is 2.38 bits per heavy atom. The number of aliphatic imine (C=N–C) groups is 1. The van der Waals surface area contributed by atoms with Crippen LogP contribution in [-0.4, -0.2) is 37.5 Å². The molecule has 1 fully saturated rings. The molecule has 1 aromatic rings. The number of rotatable bonds is 6. The number of nitrogens with one attached hydrogen (secondary N) is 2. The molecule has 0 spiro atoms. The van der Waals surface area contributed by atoms with Gasteiger partial charge in [-0.25, -0.2) is 0 Å². The lowest BCUT2D eigenvalue weighted by Crippen LogP contribution is -2.39. The van der Waals surface area contributed by atoms with Gasteiger partial charge < -0.3 is 10.6 Å². The third kappa shape index (κ3) is 7.38. The first-order valence-corrected chi connectivity index (χ1v) is 8.92. The maximum atomic E-state index is 4.30. The monoisotopic (exact) mass is 444 g/mol. The van der Waals surface area contributed by atoms with Gasteiger partial charge in [0.2, 0.25) is 0 Å². The first-order chi connectivity index (χ1) is 11.2. The molecule has 24 heavy (non-hydrogen) atoms. The van der Waals surface area contributed by atoms with Gasteiger partial charge in [-0.3, -0.25) is 9.89 Å². The molecule has 0 unspecified atom stereocenters. The number of nitrogens with zero attached hydrogens (tertiary/aromatic N) is 2. The van der Waals surface area contributed by atoms with Crippen molar-refractivity contribution < 1.29 is 0 Å². The molecule has 1 aliphatic rings. The van der Waals surface area contributed by atoms with Crippen molar-refractivity contribution >= 4 is 29.9 Å². The van der Waals surface area contributed by atoms with Crippen molar-refractivity contribution in [3.05, 3.63) is 35.4 Å². The molecule has 1 aliphatic heterocycles. The third-order valence-electron chi connectivity index (χ3n) is 4.31. The first-order valence-electron chi connectivity index (χ1n) is 8.92. The highest BCUT2D eigenvalue weighted by molar-refractivity contribution is 14.0. The van der Waals surface area contributed by atoms with Crippen LogP contribution >= 0.6 is 24.0 Å². The highest BCUT2D eigenvalue weighted by Crippen LogP contribution is 2.16. The van der Waals surface area contributed by atoms with Crippen molar-refractivity contribution in [2.24, 2.45) is 10.9 Å². The third-order valence-corrected chi connectivity index (χ3v) is 4.31. The van der Waals surface area contributed by atoms with Gasteiger partial charge in [-0.2, -0.15) is 0 Å². The Morgan fingerprint density at radius 2 is 1.75 bits per heavy atom. The van der Waals surface area contributed by atoms with E-state index in [2.05, 4.69) is 58.6 Å². The van der Waals surface area contributed by atoms with Gasteiger partial charge in [-0.1, -0.05) is 44.5 Å². The summed E-state index contributed by atoms with van der Waals surface area (Å²) in [6.45, 7) is 9.70. The second kappa shape index (κ2) is 11.7. The van der Waals surface area contributed by atoms with E-state index >= 15 is 0 Å². The van der Waals surface area contributed by atoms with Crippen LogP contribution in [0.15, 0.2) is 29.3 Å². The Hall–Kier alpha value is -0.820. The highest BCUT2D eigenvalue weighted by Gasteiger charge is 2.12. The second-order valence-electron chi connectivity index (χ2n) is 6.81. The van der Waals surface area contributed by atoms with Crippen LogP contribution in [0.1, 0.15) is 44.2 Å². The summed E-state index contributed by atoms with van der Waals surface area (Å²) in [4.78, 5) is 6.88. The number of hydrogen-bond acceptors (Lipinski definition) is 2. The molecule has 2 N–H and O–H groups in total.